The summed E-state index contributed by atoms with van der Waals surface area (Å²) < 4.78 is 0. The van der Waals surface area contributed by atoms with Gasteiger partial charge < -0.3 is 20.4 Å². The summed E-state index contributed by atoms with van der Waals surface area (Å²) in [7, 11) is 0. The van der Waals surface area contributed by atoms with E-state index in [1.165, 1.54) is 5.56 Å². The maximum Gasteiger partial charge on any atom is 0.205 e. The minimum absolute atomic E-state index is 0.661. The fourth-order valence-electron chi connectivity index (χ4n) is 3.05. The highest BCUT2D eigenvalue weighted by Gasteiger charge is 2.13. The van der Waals surface area contributed by atoms with Crippen LogP contribution >= 0.6 is 11.6 Å². The van der Waals surface area contributed by atoms with Crippen molar-refractivity contribution in [3.63, 3.8) is 0 Å². The summed E-state index contributed by atoms with van der Waals surface area (Å²) in [4.78, 5) is 11.1. The van der Waals surface area contributed by atoms with Crippen LogP contribution < -0.4 is 5.32 Å². The first-order valence-electron chi connectivity index (χ1n) is 8.62. The van der Waals surface area contributed by atoms with Crippen molar-refractivity contribution in [2.45, 2.75) is 32.3 Å². The molecule has 0 aliphatic rings. The Morgan fingerprint density at radius 3 is 2.81 bits per heavy atom. The number of fused-ring (bicyclic) bond motifs is 2. The molecular weight excluding hydrogens is 348 g/mol. The van der Waals surface area contributed by atoms with Gasteiger partial charge in [-0.2, -0.15) is 0 Å². The first-order valence-corrected chi connectivity index (χ1v) is 9.00. The minimum atomic E-state index is -0.661. The lowest BCUT2D eigenvalue weighted by molar-refractivity contribution is 0.0714. The Kier molecular flexibility index (Phi) is 4.13. The quantitative estimate of drug-likeness (QED) is 0.393. The third-order valence-electron chi connectivity index (χ3n) is 4.45. The second-order valence-corrected chi connectivity index (χ2v) is 7.68. The van der Waals surface area contributed by atoms with Gasteiger partial charge in [-0.15, -0.1) is 0 Å². The zero-order chi connectivity index (χ0) is 18.3. The molecule has 134 valence electrons. The molecule has 0 saturated heterocycles. The number of hydrogen-bond acceptors (Lipinski definition) is 3. The van der Waals surface area contributed by atoms with Crippen molar-refractivity contribution >= 4 is 45.2 Å². The van der Waals surface area contributed by atoms with Crippen molar-refractivity contribution in [1.82, 2.24) is 15.0 Å². The molecule has 5 nitrogen and oxygen atoms in total. The van der Waals surface area contributed by atoms with Crippen molar-refractivity contribution in [3.05, 3.63) is 53.2 Å². The molecule has 26 heavy (non-hydrogen) atoms. The number of nitrogens with zero attached hydrogens (tertiary/aromatic N) is 1. The van der Waals surface area contributed by atoms with Crippen LogP contribution in [0.5, 0.6) is 0 Å². The number of hydrogen-bond donors (Lipinski definition) is 4. The number of halogens is 1. The third-order valence-corrected chi connectivity index (χ3v) is 4.77. The molecule has 0 radical (unpaired) electrons. The number of aromatic nitrogens is 3. The maximum atomic E-state index is 9.90. The average molecular weight is 369 g/mol. The summed E-state index contributed by atoms with van der Waals surface area (Å²) in [6.45, 7) is 3.66. The highest BCUT2D eigenvalue weighted by Crippen LogP contribution is 2.29. The van der Waals surface area contributed by atoms with E-state index in [4.69, 9.17) is 11.6 Å². The number of imidazole rings is 1. The lowest BCUT2D eigenvalue weighted by Crippen LogP contribution is -2.19. The van der Waals surface area contributed by atoms with Gasteiger partial charge in [0.15, 0.2) is 0 Å². The van der Waals surface area contributed by atoms with Gasteiger partial charge in [0.1, 0.15) is 0 Å². The summed E-state index contributed by atoms with van der Waals surface area (Å²) in [5, 5.41) is 14.9. The molecule has 0 aliphatic carbocycles. The fraction of sp³-hybridized carbons (Fsp3) is 0.250. The molecule has 4 rings (SSSR count). The van der Waals surface area contributed by atoms with Gasteiger partial charge in [-0.25, -0.2) is 4.98 Å². The third kappa shape index (κ3) is 3.54. The SMILES string of the molecule is CC(C)(O)CCc1ccc2nc(Nc3cc(Cl)c4cc[nH]c4c3)[nH]c2c1. The second-order valence-electron chi connectivity index (χ2n) is 7.27. The van der Waals surface area contributed by atoms with Crippen molar-refractivity contribution < 1.29 is 5.11 Å². The van der Waals surface area contributed by atoms with Crippen LogP contribution in [-0.2, 0) is 6.42 Å². The molecule has 6 heteroatoms. The van der Waals surface area contributed by atoms with Crippen molar-refractivity contribution in [3.8, 4) is 0 Å². The van der Waals surface area contributed by atoms with E-state index in [0.717, 1.165) is 34.0 Å². The molecule has 0 unspecified atom stereocenters. The number of aromatic amines is 2. The Morgan fingerprint density at radius 1 is 1.15 bits per heavy atom. The zero-order valence-electron chi connectivity index (χ0n) is 14.7. The Labute approximate surface area is 156 Å². The van der Waals surface area contributed by atoms with Gasteiger partial charge in [0.05, 0.1) is 21.7 Å². The fourth-order valence-corrected chi connectivity index (χ4v) is 3.33. The van der Waals surface area contributed by atoms with E-state index in [9.17, 15) is 5.11 Å². The zero-order valence-corrected chi connectivity index (χ0v) is 15.5. The summed E-state index contributed by atoms with van der Waals surface area (Å²) in [6, 6.07) is 12.0. The van der Waals surface area contributed by atoms with E-state index in [0.29, 0.717) is 17.4 Å². The largest absolute Gasteiger partial charge is 0.390 e. The monoisotopic (exact) mass is 368 g/mol. The Balaban J connectivity index is 1.58. The lowest BCUT2D eigenvalue weighted by atomic mass is 9.99. The van der Waals surface area contributed by atoms with Crippen LogP contribution in [0.3, 0.4) is 0 Å². The molecule has 0 fully saturated rings. The minimum Gasteiger partial charge on any atom is -0.390 e. The Morgan fingerprint density at radius 2 is 2.00 bits per heavy atom. The highest BCUT2D eigenvalue weighted by molar-refractivity contribution is 6.35. The number of benzene rings is 2. The van der Waals surface area contributed by atoms with Crippen LogP contribution in [-0.4, -0.2) is 25.7 Å². The first kappa shape index (κ1) is 16.9. The maximum absolute atomic E-state index is 9.90. The van der Waals surface area contributed by atoms with Gasteiger partial charge in [-0.3, -0.25) is 0 Å². The molecule has 0 saturated carbocycles. The molecule has 0 bridgehead atoms. The topological polar surface area (TPSA) is 76.7 Å². The van der Waals surface area contributed by atoms with E-state index in [-0.39, 0.29) is 0 Å². The predicted octanol–water partition coefficient (Wildman–Crippen LogP) is 5.14. The van der Waals surface area contributed by atoms with E-state index < -0.39 is 5.60 Å². The molecule has 4 aromatic rings. The summed E-state index contributed by atoms with van der Waals surface area (Å²) >= 11 is 6.33. The number of anilines is 2. The smallest absolute Gasteiger partial charge is 0.205 e. The van der Waals surface area contributed by atoms with Crippen LogP contribution in [0.15, 0.2) is 42.6 Å². The van der Waals surface area contributed by atoms with Crippen LogP contribution in [0.1, 0.15) is 25.8 Å². The number of aryl methyl sites for hydroxylation is 1. The van der Waals surface area contributed by atoms with Crippen LogP contribution in [0.4, 0.5) is 11.6 Å². The van der Waals surface area contributed by atoms with E-state index in [1.807, 2.05) is 44.3 Å². The highest BCUT2D eigenvalue weighted by atomic mass is 35.5. The molecule has 0 amide bonds. The van der Waals surface area contributed by atoms with Gasteiger partial charge in [0, 0.05) is 22.8 Å². The molecule has 2 heterocycles. The lowest BCUT2D eigenvalue weighted by Gasteiger charge is -2.16. The van der Waals surface area contributed by atoms with Crippen molar-refractivity contribution in [2.75, 3.05) is 5.32 Å². The summed E-state index contributed by atoms with van der Waals surface area (Å²) in [6.07, 6.45) is 3.41. The van der Waals surface area contributed by atoms with E-state index in [1.54, 1.807) is 0 Å². The average Bonchev–Trinajstić information content (AvgIpc) is 3.18. The van der Waals surface area contributed by atoms with Gasteiger partial charge in [-0.05, 0) is 62.6 Å². The van der Waals surface area contributed by atoms with Gasteiger partial charge in [0.2, 0.25) is 5.95 Å². The molecule has 0 spiro atoms. The predicted molar refractivity (Wildman–Crippen MR) is 107 cm³/mol. The Bertz CT molecular complexity index is 1070. The number of rotatable bonds is 5. The van der Waals surface area contributed by atoms with Crippen LogP contribution in [0, 0.1) is 0 Å². The standard InChI is InChI=1S/C20H21ClN4O/c1-20(2,26)7-5-12-3-4-16-18(9-12)25-19(24-16)23-13-10-15(21)14-6-8-22-17(14)11-13/h3-4,6,8-11,22,26H,5,7H2,1-2H3,(H2,23,24,25). The normalized spacial score (nSPS) is 12.2. The summed E-state index contributed by atoms with van der Waals surface area (Å²) in [5.74, 6) is 0.668. The van der Waals surface area contributed by atoms with Crippen LogP contribution in [0.25, 0.3) is 21.9 Å². The van der Waals surface area contributed by atoms with E-state index in [2.05, 4.69) is 32.4 Å². The molecule has 0 aliphatic heterocycles. The Hall–Kier alpha value is -2.50. The molecular formula is C20H21ClN4O. The van der Waals surface area contributed by atoms with Crippen molar-refractivity contribution in [2.24, 2.45) is 0 Å². The number of nitrogens with one attached hydrogen (secondary N) is 3. The molecule has 0 atom stereocenters. The van der Waals surface area contributed by atoms with Gasteiger partial charge in [-0.1, -0.05) is 17.7 Å². The molecule has 4 N–H and O–H groups in total. The van der Waals surface area contributed by atoms with Gasteiger partial charge in [0.25, 0.3) is 0 Å². The number of H-pyrrole nitrogens is 2. The summed E-state index contributed by atoms with van der Waals surface area (Å²) in [5.41, 5.74) is 4.21. The molecule has 2 aromatic carbocycles. The van der Waals surface area contributed by atoms with E-state index >= 15 is 0 Å². The van der Waals surface area contributed by atoms with Gasteiger partial charge >= 0.3 is 0 Å². The first-order chi connectivity index (χ1) is 12.4. The second kappa shape index (κ2) is 6.34. The molecule has 2 aromatic heterocycles. The van der Waals surface area contributed by atoms with Crippen LogP contribution in [0.2, 0.25) is 5.02 Å². The van der Waals surface area contributed by atoms with Crippen molar-refractivity contribution in [1.29, 1.82) is 0 Å². The number of aliphatic hydroxyl groups is 1.